The van der Waals surface area contributed by atoms with Gasteiger partial charge in [-0.1, -0.05) is 45.4 Å². The molecule has 0 aromatic heterocycles. The first-order valence-corrected chi connectivity index (χ1v) is 11.4. The minimum atomic E-state index is -1.15. The summed E-state index contributed by atoms with van der Waals surface area (Å²) in [6.07, 6.45) is 3.49. The van der Waals surface area contributed by atoms with Crippen LogP contribution in [0.4, 0.5) is 19.3 Å². The Balaban J connectivity index is 1.34. The van der Waals surface area contributed by atoms with E-state index in [1.807, 2.05) is 17.4 Å². The maximum Gasteiger partial charge on any atom is 0.326 e. The van der Waals surface area contributed by atoms with E-state index in [0.717, 1.165) is 30.2 Å². The van der Waals surface area contributed by atoms with Gasteiger partial charge in [0.25, 0.3) is 5.91 Å². The largest absolute Gasteiger partial charge is 0.326 e. The number of urea groups is 1. The maximum atomic E-state index is 13.7. The Bertz CT molecular complexity index is 1010. The summed E-state index contributed by atoms with van der Waals surface area (Å²) < 4.78 is 27.4. The summed E-state index contributed by atoms with van der Waals surface area (Å²) in [4.78, 5) is 30.1. The second-order valence-electron chi connectivity index (χ2n) is 9.34. The number of hydrogen-bond acceptors (Lipinski definition) is 4. The highest BCUT2D eigenvalue weighted by molar-refractivity contribution is 6.08. The highest BCUT2D eigenvalue weighted by Crippen LogP contribution is 2.47. The van der Waals surface area contributed by atoms with E-state index in [1.54, 1.807) is 12.1 Å². The summed E-state index contributed by atoms with van der Waals surface area (Å²) >= 11 is 0. The van der Waals surface area contributed by atoms with Gasteiger partial charge in [0.1, 0.15) is 17.2 Å². The molecule has 5 atom stereocenters. The van der Waals surface area contributed by atoms with E-state index < -0.39 is 29.1 Å². The van der Waals surface area contributed by atoms with Crippen LogP contribution in [0, 0.1) is 29.4 Å². The van der Waals surface area contributed by atoms with Gasteiger partial charge in [-0.15, -0.1) is 5.06 Å². The van der Waals surface area contributed by atoms with Crippen LogP contribution in [0.25, 0.3) is 0 Å². The first-order chi connectivity index (χ1) is 15.7. The Morgan fingerprint density at radius 2 is 1.73 bits per heavy atom. The van der Waals surface area contributed by atoms with Crippen molar-refractivity contribution in [2.75, 3.05) is 5.32 Å². The molecule has 1 saturated heterocycles. The zero-order valence-corrected chi connectivity index (χ0v) is 19.0. The van der Waals surface area contributed by atoms with Crippen molar-refractivity contribution >= 4 is 17.6 Å². The minimum Gasteiger partial charge on any atom is -0.308 e. The Hall–Kier alpha value is -2.84. The van der Waals surface area contributed by atoms with E-state index in [2.05, 4.69) is 31.2 Å². The van der Waals surface area contributed by atoms with E-state index in [1.165, 1.54) is 12.8 Å². The molecule has 176 valence electrons. The molecule has 4 rings (SSSR count). The normalized spacial score (nSPS) is 26.7. The van der Waals surface area contributed by atoms with Crippen LogP contribution in [0.3, 0.4) is 0 Å². The first-order valence-electron chi connectivity index (χ1n) is 11.4. The lowest BCUT2D eigenvalue weighted by atomic mass is 9.74. The van der Waals surface area contributed by atoms with Crippen LogP contribution in [-0.4, -0.2) is 23.0 Å². The number of benzene rings is 2. The van der Waals surface area contributed by atoms with Crippen molar-refractivity contribution in [3.05, 3.63) is 65.2 Å². The molecule has 2 aromatic rings. The van der Waals surface area contributed by atoms with Gasteiger partial charge in [0.15, 0.2) is 6.23 Å². The SMILES string of the molecule is CC1CCC(C(C)C)C(N2OC2c2ccc(NC(=O)NC(=O)c3c(F)cccc3F)cc2)C1. The molecule has 0 radical (unpaired) electrons. The van der Waals surface area contributed by atoms with Crippen molar-refractivity contribution < 1.29 is 23.2 Å². The Kier molecular flexibility index (Phi) is 6.76. The van der Waals surface area contributed by atoms with E-state index in [0.29, 0.717) is 29.5 Å². The van der Waals surface area contributed by atoms with Gasteiger partial charge in [-0.05, 0) is 60.4 Å². The topological polar surface area (TPSA) is 73.7 Å². The van der Waals surface area contributed by atoms with Gasteiger partial charge in [-0.3, -0.25) is 14.9 Å². The number of carbonyl (C=O) groups excluding carboxylic acids is 2. The van der Waals surface area contributed by atoms with Gasteiger partial charge < -0.3 is 5.32 Å². The van der Waals surface area contributed by atoms with Gasteiger partial charge in [0.2, 0.25) is 0 Å². The summed E-state index contributed by atoms with van der Waals surface area (Å²) in [7, 11) is 0. The number of amides is 3. The van der Waals surface area contributed by atoms with E-state index in [4.69, 9.17) is 4.84 Å². The van der Waals surface area contributed by atoms with Crippen LogP contribution >= 0.6 is 0 Å². The Morgan fingerprint density at radius 1 is 1.06 bits per heavy atom. The monoisotopic (exact) mass is 457 g/mol. The molecule has 6 nitrogen and oxygen atoms in total. The second-order valence-corrected chi connectivity index (χ2v) is 9.34. The highest BCUT2D eigenvalue weighted by Gasteiger charge is 2.48. The summed E-state index contributed by atoms with van der Waals surface area (Å²) in [6.45, 7) is 6.82. The Morgan fingerprint density at radius 3 is 2.36 bits per heavy atom. The molecule has 0 spiro atoms. The summed E-state index contributed by atoms with van der Waals surface area (Å²) in [5, 5.41) is 6.54. The van der Waals surface area contributed by atoms with Crippen LogP contribution in [-0.2, 0) is 4.84 Å². The predicted molar refractivity (Wildman–Crippen MR) is 120 cm³/mol. The number of anilines is 1. The van der Waals surface area contributed by atoms with Gasteiger partial charge in [0, 0.05) is 11.7 Å². The molecule has 8 heteroatoms. The molecule has 33 heavy (non-hydrogen) atoms. The molecule has 2 fully saturated rings. The van der Waals surface area contributed by atoms with Crippen molar-refractivity contribution in [2.24, 2.45) is 17.8 Å². The van der Waals surface area contributed by atoms with Crippen LogP contribution in [0.5, 0.6) is 0 Å². The zero-order chi connectivity index (χ0) is 23.7. The third-order valence-corrected chi connectivity index (χ3v) is 6.59. The Labute approximate surface area is 192 Å². The quantitative estimate of drug-likeness (QED) is 0.571. The molecule has 3 amide bonds. The van der Waals surface area contributed by atoms with E-state index in [-0.39, 0.29) is 6.23 Å². The van der Waals surface area contributed by atoms with Crippen LogP contribution in [0.1, 0.15) is 62.2 Å². The molecule has 1 aliphatic carbocycles. The number of halogens is 2. The number of nitrogens with zero attached hydrogens (tertiary/aromatic N) is 1. The average molecular weight is 458 g/mol. The van der Waals surface area contributed by atoms with Crippen molar-refractivity contribution in [1.82, 2.24) is 10.4 Å². The molecule has 0 bridgehead atoms. The lowest BCUT2D eigenvalue weighted by molar-refractivity contribution is 0.0435. The zero-order valence-electron chi connectivity index (χ0n) is 19.0. The van der Waals surface area contributed by atoms with E-state index in [9.17, 15) is 18.4 Å². The fourth-order valence-corrected chi connectivity index (χ4v) is 4.77. The number of rotatable bonds is 5. The summed E-state index contributed by atoms with van der Waals surface area (Å²) in [6, 6.07) is 9.68. The molecule has 2 aliphatic rings. The molecule has 1 saturated carbocycles. The van der Waals surface area contributed by atoms with E-state index >= 15 is 0 Å². The molecule has 2 aromatic carbocycles. The van der Waals surface area contributed by atoms with Crippen LogP contribution in [0.2, 0.25) is 0 Å². The lowest BCUT2D eigenvalue weighted by Gasteiger charge is -2.37. The van der Waals surface area contributed by atoms with Crippen molar-refractivity contribution in [3.8, 4) is 0 Å². The fourth-order valence-electron chi connectivity index (χ4n) is 4.77. The third-order valence-electron chi connectivity index (χ3n) is 6.59. The third kappa shape index (κ3) is 5.23. The van der Waals surface area contributed by atoms with Crippen LogP contribution < -0.4 is 10.6 Å². The van der Waals surface area contributed by atoms with Gasteiger partial charge in [-0.2, -0.15) is 0 Å². The predicted octanol–water partition coefficient (Wildman–Crippen LogP) is 5.63. The number of imide groups is 1. The molecule has 2 N–H and O–H groups in total. The standard InChI is InChI=1S/C25H29F2N3O3/c1-14(2)18-12-7-15(3)13-21(18)30-24(33-30)16-8-10-17(11-9-16)28-25(32)29-23(31)22-19(26)5-4-6-20(22)27/h4-6,8-11,14-15,18,21,24H,7,12-13H2,1-3H3,(H2,28,29,31,32). The highest BCUT2D eigenvalue weighted by atomic mass is 19.1. The lowest BCUT2D eigenvalue weighted by Crippen LogP contribution is -2.37. The molecular weight excluding hydrogens is 428 g/mol. The number of nitrogens with one attached hydrogen (secondary N) is 2. The maximum absolute atomic E-state index is 13.7. The fraction of sp³-hybridized carbons (Fsp3) is 0.440. The number of hydroxylamine groups is 2. The smallest absolute Gasteiger partial charge is 0.308 e. The summed E-state index contributed by atoms with van der Waals surface area (Å²) in [5.41, 5.74) is 0.619. The second kappa shape index (κ2) is 9.57. The van der Waals surface area contributed by atoms with Gasteiger partial charge in [0.05, 0.1) is 0 Å². The molecule has 5 unspecified atom stereocenters. The van der Waals surface area contributed by atoms with Crippen molar-refractivity contribution in [2.45, 2.75) is 52.3 Å². The van der Waals surface area contributed by atoms with Crippen LogP contribution in [0.15, 0.2) is 42.5 Å². The van der Waals surface area contributed by atoms with Gasteiger partial charge in [-0.25, -0.2) is 13.6 Å². The number of hydrogen-bond donors (Lipinski definition) is 2. The van der Waals surface area contributed by atoms with Crippen molar-refractivity contribution in [1.29, 1.82) is 0 Å². The minimum absolute atomic E-state index is 0.102. The number of carbonyl (C=O) groups is 2. The molecular formula is C25H29F2N3O3. The molecule has 1 aliphatic heterocycles. The first kappa shape index (κ1) is 23.3. The average Bonchev–Trinajstić information content (AvgIpc) is 3.54. The van der Waals surface area contributed by atoms with Crippen molar-refractivity contribution in [3.63, 3.8) is 0 Å². The van der Waals surface area contributed by atoms with Gasteiger partial charge >= 0.3 is 6.03 Å². The summed E-state index contributed by atoms with van der Waals surface area (Å²) in [5.74, 6) is -1.34. The molecule has 1 heterocycles.